The van der Waals surface area contributed by atoms with E-state index >= 15 is 0 Å². The first-order valence-electron chi connectivity index (χ1n) is 8.57. The van der Waals surface area contributed by atoms with Gasteiger partial charge in [0.2, 0.25) is 0 Å². The fraction of sp³-hybridized carbons (Fsp3) is 0.150. The number of fused-ring (bicyclic) bond motifs is 1. The molecule has 1 N–H and O–H groups in total. The molecule has 1 atom stereocenters. The van der Waals surface area contributed by atoms with Gasteiger partial charge in [-0.25, -0.2) is 9.78 Å². The van der Waals surface area contributed by atoms with Gasteiger partial charge in [-0.15, -0.1) is 22.7 Å². The van der Waals surface area contributed by atoms with Crippen molar-refractivity contribution < 1.29 is 18.7 Å². The third-order valence-electron chi connectivity index (χ3n) is 3.98. The normalized spacial score (nSPS) is 12.0. The van der Waals surface area contributed by atoms with Crippen LogP contribution in [0, 0.1) is 0 Å². The van der Waals surface area contributed by atoms with Crippen molar-refractivity contribution in [2.45, 2.75) is 19.6 Å². The predicted molar refractivity (Wildman–Crippen MR) is 108 cm³/mol. The lowest BCUT2D eigenvalue weighted by molar-refractivity contribution is -0.129. The number of nitrogens with one attached hydrogen (secondary N) is 1. The fourth-order valence-corrected chi connectivity index (χ4v) is 4.45. The zero-order chi connectivity index (χ0) is 19.5. The van der Waals surface area contributed by atoms with Crippen LogP contribution in [0.4, 0.5) is 0 Å². The van der Waals surface area contributed by atoms with E-state index in [9.17, 15) is 9.59 Å². The van der Waals surface area contributed by atoms with Gasteiger partial charge in [-0.3, -0.25) is 4.79 Å². The van der Waals surface area contributed by atoms with Crippen molar-refractivity contribution in [3.8, 4) is 9.88 Å². The summed E-state index contributed by atoms with van der Waals surface area (Å²) in [6.45, 7) is 1.78. The van der Waals surface area contributed by atoms with Crippen LogP contribution in [0.15, 0.2) is 59.2 Å². The van der Waals surface area contributed by atoms with Crippen molar-refractivity contribution in [1.29, 1.82) is 0 Å². The number of thiazole rings is 1. The molecule has 1 unspecified atom stereocenters. The number of para-hydroxylation sites is 1. The highest BCUT2D eigenvalue weighted by atomic mass is 32.1. The Morgan fingerprint density at radius 3 is 2.79 bits per heavy atom. The lowest BCUT2D eigenvalue weighted by Crippen LogP contribution is -2.35. The Kier molecular flexibility index (Phi) is 5.23. The largest absolute Gasteiger partial charge is 0.467 e. The molecule has 3 aromatic heterocycles. The van der Waals surface area contributed by atoms with E-state index in [0.717, 1.165) is 20.1 Å². The fourth-order valence-electron chi connectivity index (χ4n) is 2.54. The molecule has 28 heavy (non-hydrogen) atoms. The molecule has 0 aliphatic carbocycles. The Labute approximate surface area is 168 Å². The molecule has 0 radical (unpaired) electrons. The molecule has 0 aliphatic rings. The summed E-state index contributed by atoms with van der Waals surface area (Å²) in [5.41, 5.74) is 0.932. The van der Waals surface area contributed by atoms with Crippen molar-refractivity contribution in [3.63, 3.8) is 0 Å². The Morgan fingerprint density at radius 2 is 2.00 bits per heavy atom. The molecule has 0 spiro atoms. The van der Waals surface area contributed by atoms with Crippen LogP contribution in [-0.2, 0) is 16.1 Å². The zero-order valence-electron chi connectivity index (χ0n) is 14.9. The van der Waals surface area contributed by atoms with Crippen LogP contribution in [0.3, 0.4) is 0 Å². The topological polar surface area (TPSA) is 81.4 Å². The number of furan rings is 1. The molecule has 0 fully saturated rings. The molecule has 142 valence electrons. The average molecular weight is 412 g/mol. The molecule has 0 saturated carbocycles. The molecular formula is C20H16N2O4S2. The van der Waals surface area contributed by atoms with E-state index < -0.39 is 12.1 Å². The lowest BCUT2D eigenvalue weighted by Gasteiger charge is -2.12. The Balaban J connectivity index is 1.39. The highest BCUT2D eigenvalue weighted by molar-refractivity contribution is 7.26. The maximum absolute atomic E-state index is 12.4. The number of rotatable bonds is 6. The third kappa shape index (κ3) is 3.97. The summed E-state index contributed by atoms with van der Waals surface area (Å²) in [5, 5.41) is 3.53. The first-order valence-corrected chi connectivity index (χ1v) is 10.2. The van der Waals surface area contributed by atoms with Gasteiger partial charge in [0.25, 0.3) is 5.91 Å². The molecule has 1 amide bonds. The maximum Gasteiger partial charge on any atom is 0.349 e. The summed E-state index contributed by atoms with van der Waals surface area (Å²) in [6.07, 6.45) is 0.626. The minimum Gasteiger partial charge on any atom is -0.467 e. The number of benzene rings is 1. The maximum atomic E-state index is 12.4. The van der Waals surface area contributed by atoms with E-state index in [1.165, 1.54) is 24.5 Å². The van der Waals surface area contributed by atoms with E-state index in [1.807, 2.05) is 30.3 Å². The number of thiophene rings is 1. The molecule has 1 aromatic carbocycles. The third-order valence-corrected chi connectivity index (χ3v) is 6.25. The van der Waals surface area contributed by atoms with Gasteiger partial charge in [0.1, 0.15) is 15.6 Å². The number of hydrogen-bond acceptors (Lipinski definition) is 7. The predicted octanol–water partition coefficient (Wildman–Crippen LogP) is 4.48. The molecular weight excluding hydrogens is 396 g/mol. The Morgan fingerprint density at radius 1 is 1.14 bits per heavy atom. The van der Waals surface area contributed by atoms with E-state index in [4.69, 9.17) is 9.15 Å². The Bertz CT molecular complexity index is 1080. The van der Waals surface area contributed by atoms with Gasteiger partial charge in [0, 0.05) is 0 Å². The summed E-state index contributed by atoms with van der Waals surface area (Å²) in [5.74, 6) is -0.281. The molecule has 0 aliphatic heterocycles. The van der Waals surface area contributed by atoms with Crippen LogP contribution in [0.2, 0.25) is 0 Å². The number of aromatic nitrogens is 1. The van der Waals surface area contributed by atoms with Crippen LogP contribution < -0.4 is 5.32 Å². The SMILES string of the molecule is CC(OC(=O)c1ccc(-c2nc3ccccc3s2)s1)C(=O)NCc1ccco1. The summed E-state index contributed by atoms with van der Waals surface area (Å²) in [4.78, 5) is 30.4. The van der Waals surface area contributed by atoms with Gasteiger partial charge in [0.05, 0.1) is 27.9 Å². The van der Waals surface area contributed by atoms with Gasteiger partial charge in [-0.1, -0.05) is 12.1 Å². The van der Waals surface area contributed by atoms with Crippen LogP contribution in [-0.4, -0.2) is 23.0 Å². The van der Waals surface area contributed by atoms with Crippen molar-refractivity contribution in [2.24, 2.45) is 0 Å². The number of amides is 1. The number of carbonyl (C=O) groups excluding carboxylic acids is 2. The van der Waals surface area contributed by atoms with Gasteiger partial charge >= 0.3 is 5.97 Å². The molecule has 0 bridgehead atoms. The standard InChI is InChI=1S/C20H16N2O4S2/c1-12(18(23)21-11-13-5-4-10-25-13)26-20(24)17-9-8-16(27-17)19-22-14-6-2-3-7-15(14)28-19/h2-10,12H,11H2,1H3,(H,21,23). The summed E-state index contributed by atoms with van der Waals surface area (Å²) in [7, 11) is 0. The van der Waals surface area contributed by atoms with Gasteiger partial charge in [0.15, 0.2) is 6.10 Å². The molecule has 3 heterocycles. The van der Waals surface area contributed by atoms with E-state index in [-0.39, 0.29) is 12.5 Å². The van der Waals surface area contributed by atoms with Crippen molar-refractivity contribution in [2.75, 3.05) is 0 Å². The number of carbonyl (C=O) groups is 2. The van der Waals surface area contributed by atoms with Gasteiger partial charge in [-0.2, -0.15) is 0 Å². The van der Waals surface area contributed by atoms with E-state index in [1.54, 1.807) is 29.5 Å². The monoisotopic (exact) mass is 412 g/mol. The van der Waals surface area contributed by atoms with Gasteiger partial charge in [-0.05, 0) is 43.3 Å². The second-order valence-corrected chi connectivity index (χ2v) is 8.11. The summed E-state index contributed by atoms with van der Waals surface area (Å²) >= 11 is 2.87. The zero-order valence-corrected chi connectivity index (χ0v) is 16.5. The second kappa shape index (κ2) is 7.95. The van der Waals surface area contributed by atoms with Crippen molar-refractivity contribution in [3.05, 3.63) is 65.4 Å². The van der Waals surface area contributed by atoms with Crippen LogP contribution in [0.5, 0.6) is 0 Å². The van der Waals surface area contributed by atoms with Crippen LogP contribution in [0.25, 0.3) is 20.1 Å². The minimum atomic E-state index is -0.907. The van der Waals surface area contributed by atoms with Crippen LogP contribution in [0.1, 0.15) is 22.4 Å². The average Bonchev–Trinajstić information content (AvgIpc) is 3.45. The first kappa shape index (κ1) is 18.4. The molecule has 8 heteroatoms. The highest BCUT2D eigenvalue weighted by Crippen LogP contribution is 2.34. The Hall–Kier alpha value is -2.97. The molecule has 6 nitrogen and oxygen atoms in total. The van der Waals surface area contributed by atoms with Gasteiger partial charge < -0.3 is 14.5 Å². The van der Waals surface area contributed by atoms with Crippen molar-refractivity contribution in [1.82, 2.24) is 10.3 Å². The smallest absolute Gasteiger partial charge is 0.349 e. The second-order valence-electron chi connectivity index (χ2n) is 6.00. The van der Waals surface area contributed by atoms with Crippen LogP contribution >= 0.6 is 22.7 Å². The quantitative estimate of drug-likeness (QED) is 0.472. The summed E-state index contributed by atoms with van der Waals surface area (Å²) < 4.78 is 11.5. The lowest BCUT2D eigenvalue weighted by atomic mass is 10.3. The number of nitrogens with zero attached hydrogens (tertiary/aromatic N) is 1. The first-order chi connectivity index (χ1) is 13.6. The minimum absolute atomic E-state index is 0.245. The summed E-state index contributed by atoms with van der Waals surface area (Å²) in [6, 6.07) is 14.9. The van der Waals surface area contributed by atoms with E-state index in [0.29, 0.717) is 10.6 Å². The number of esters is 1. The molecule has 4 rings (SSSR count). The van der Waals surface area contributed by atoms with Crippen molar-refractivity contribution >= 4 is 44.8 Å². The molecule has 0 saturated heterocycles. The molecule has 4 aromatic rings. The highest BCUT2D eigenvalue weighted by Gasteiger charge is 2.21. The number of hydrogen-bond donors (Lipinski definition) is 1. The van der Waals surface area contributed by atoms with E-state index in [2.05, 4.69) is 10.3 Å². The number of ether oxygens (including phenoxy) is 1.